The van der Waals surface area contributed by atoms with E-state index in [1.165, 1.54) is 0 Å². The van der Waals surface area contributed by atoms with E-state index in [0.717, 1.165) is 22.4 Å². The second-order valence-electron chi connectivity index (χ2n) is 4.32. The normalized spacial score (nSPS) is 10.5. The van der Waals surface area contributed by atoms with Crippen molar-refractivity contribution in [2.75, 3.05) is 0 Å². The van der Waals surface area contributed by atoms with E-state index in [9.17, 15) is 4.79 Å². The molecular weight excluding hydrogens is 248 g/mol. The Balaban J connectivity index is 2.12. The highest BCUT2D eigenvalue weighted by molar-refractivity contribution is 5.81. The molecule has 0 radical (unpaired) electrons. The zero-order chi connectivity index (χ0) is 14.0. The summed E-state index contributed by atoms with van der Waals surface area (Å²) in [4.78, 5) is 10.6. The van der Waals surface area contributed by atoms with Crippen molar-refractivity contribution in [3.63, 3.8) is 0 Å². The van der Waals surface area contributed by atoms with Crippen LogP contribution in [-0.2, 0) is 6.61 Å². The van der Waals surface area contributed by atoms with Crippen molar-refractivity contribution in [1.82, 2.24) is 10.2 Å². The molecule has 0 unspecified atom stereocenters. The number of nitrogens with zero attached hydrogens (tertiary/aromatic N) is 2. The molecule has 1 heterocycles. The Kier molecular flexibility index (Phi) is 3.50. The molecule has 1 aromatic carbocycles. The lowest BCUT2D eigenvalue weighted by Gasteiger charge is -2.11. The molecule has 0 aliphatic heterocycles. The van der Waals surface area contributed by atoms with Crippen LogP contribution in [0.15, 0.2) is 16.5 Å². The Morgan fingerprint density at radius 2 is 1.89 bits per heavy atom. The third-order valence-electron chi connectivity index (χ3n) is 2.59. The van der Waals surface area contributed by atoms with Crippen LogP contribution in [0.2, 0.25) is 0 Å². The number of carboxylic acids is 1. The maximum absolute atomic E-state index is 10.6. The first kappa shape index (κ1) is 13.1. The topological polar surface area (TPSA) is 85.5 Å². The van der Waals surface area contributed by atoms with Crippen LogP contribution >= 0.6 is 0 Å². The number of carboxylic acid groups (broad SMARTS) is 1. The maximum atomic E-state index is 10.6. The molecule has 0 amide bonds. The number of rotatable bonds is 4. The molecule has 6 nitrogen and oxygen atoms in total. The lowest BCUT2D eigenvalue weighted by molar-refractivity contribution is 0.0649. The third kappa shape index (κ3) is 2.90. The molecule has 0 atom stereocenters. The van der Waals surface area contributed by atoms with Crippen molar-refractivity contribution in [3.8, 4) is 5.75 Å². The number of aromatic nitrogens is 2. The average molecular weight is 262 g/mol. The average Bonchev–Trinajstić information content (AvgIpc) is 2.76. The van der Waals surface area contributed by atoms with Crippen molar-refractivity contribution in [2.45, 2.75) is 27.4 Å². The quantitative estimate of drug-likeness (QED) is 0.909. The Labute approximate surface area is 110 Å². The van der Waals surface area contributed by atoms with Gasteiger partial charge >= 0.3 is 11.9 Å². The zero-order valence-corrected chi connectivity index (χ0v) is 10.9. The molecule has 0 fully saturated rings. The van der Waals surface area contributed by atoms with Gasteiger partial charge in [-0.3, -0.25) is 0 Å². The summed E-state index contributed by atoms with van der Waals surface area (Å²) >= 11 is 0. The minimum absolute atomic E-state index is 0.0466. The molecule has 6 heteroatoms. The molecule has 0 aliphatic rings. The summed E-state index contributed by atoms with van der Waals surface area (Å²) in [5, 5.41) is 15.7. The molecular formula is C13H14N2O4. The van der Waals surface area contributed by atoms with Crippen molar-refractivity contribution >= 4 is 5.97 Å². The van der Waals surface area contributed by atoms with Gasteiger partial charge in [0.05, 0.1) is 0 Å². The van der Waals surface area contributed by atoms with E-state index in [1.54, 1.807) is 0 Å². The fourth-order valence-corrected chi connectivity index (χ4v) is 1.93. The molecule has 2 rings (SSSR count). The van der Waals surface area contributed by atoms with Gasteiger partial charge in [-0.2, -0.15) is 0 Å². The largest absolute Gasteiger partial charge is 0.483 e. The van der Waals surface area contributed by atoms with Gasteiger partial charge in [0.1, 0.15) is 5.75 Å². The Morgan fingerprint density at radius 1 is 1.26 bits per heavy atom. The molecule has 19 heavy (non-hydrogen) atoms. The van der Waals surface area contributed by atoms with E-state index >= 15 is 0 Å². The van der Waals surface area contributed by atoms with E-state index < -0.39 is 11.9 Å². The lowest BCUT2D eigenvalue weighted by atomic mass is 10.1. The summed E-state index contributed by atoms with van der Waals surface area (Å²) in [5.41, 5.74) is 3.18. The Hall–Kier alpha value is -2.37. The van der Waals surface area contributed by atoms with E-state index in [1.807, 2.05) is 32.9 Å². The van der Waals surface area contributed by atoms with Crippen LogP contribution in [0.4, 0.5) is 0 Å². The van der Waals surface area contributed by atoms with Gasteiger partial charge < -0.3 is 14.3 Å². The highest BCUT2D eigenvalue weighted by atomic mass is 16.5. The summed E-state index contributed by atoms with van der Waals surface area (Å²) in [6.45, 7) is 5.96. The lowest BCUT2D eigenvalue weighted by Crippen LogP contribution is -2.00. The molecule has 1 N–H and O–H groups in total. The summed E-state index contributed by atoms with van der Waals surface area (Å²) in [6.07, 6.45) is 0. The fraction of sp³-hybridized carbons (Fsp3) is 0.308. The van der Waals surface area contributed by atoms with Crippen LogP contribution in [0.3, 0.4) is 0 Å². The van der Waals surface area contributed by atoms with Crippen molar-refractivity contribution < 1.29 is 19.1 Å². The van der Waals surface area contributed by atoms with Gasteiger partial charge in [-0.15, -0.1) is 10.2 Å². The maximum Gasteiger partial charge on any atom is 0.393 e. The van der Waals surface area contributed by atoms with Crippen LogP contribution in [0.5, 0.6) is 5.75 Å². The summed E-state index contributed by atoms with van der Waals surface area (Å²) in [5.74, 6) is -0.796. The number of aryl methyl sites for hydroxylation is 3. The Morgan fingerprint density at radius 3 is 2.42 bits per heavy atom. The van der Waals surface area contributed by atoms with Crippen molar-refractivity contribution in [3.05, 3.63) is 40.6 Å². The SMILES string of the molecule is Cc1cc(C)c(OCc2nnc(C(=O)O)o2)c(C)c1. The number of ether oxygens (including phenoxy) is 1. The molecule has 2 aromatic rings. The molecule has 0 bridgehead atoms. The van der Waals surface area contributed by atoms with E-state index in [2.05, 4.69) is 10.2 Å². The molecule has 0 spiro atoms. The Bertz CT molecular complexity index is 596. The van der Waals surface area contributed by atoms with Gasteiger partial charge in [-0.1, -0.05) is 17.7 Å². The summed E-state index contributed by atoms with van der Waals surface area (Å²) in [7, 11) is 0. The number of hydrogen-bond acceptors (Lipinski definition) is 5. The highest BCUT2D eigenvalue weighted by Crippen LogP contribution is 2.25. The van der Waals surface area contributed by atoms with E-state index in [4.69, 9.17) is 14.3 Å². The predicted molar refractivity (Wildman–Crippen MR) is 66.2 cm³/mol. The van der Waals surface area contributed by atoms with E-state index in [-0.39, 0.29) is 12.5 Å². The summed E-state index contributed by atoms with van der Waals surface area (Å²) in [6, 6.07) is 4.03. The second kappa shape index (κ2) is 5.09. The number of carbonyl (C=O) groups is 1. The molecule has 0 saturated heterocycles. The minimum Gasteiger partial charge on any atom is -0.483 e. The van der Waals surface area contributed by atoms with Gasteiger partial charge in [0.2, 0.25) is 0 Å². The van der Waals surface area contributed by atoms with Gasteiger partial charge in [-0.05, 0) is 31.9 Å². The zero-order valence-electron chi connectivity index (χ0n) is 10.9. The van der Waals surface area contributed by atoms with Crippen molar-refractivity contribution in [1.29, 1.82) is 0 Å². The van der Waals surface area contributed by atoms with Gasteiger partial charge in [-0.25, -0.2) is 4.79 Å². The van der Waals surface area contributed by atoms with Crippen molar-refractivity contribution in [2.24, 2.45) is 0 Å². The van der Waals surface area contributed by atoms with Crippen LogP contribution < -0.4 is 4.74 Å². The number of hydrogen-bond donors (Lipinski definition) is 1. The van der Waals surface area contributed by atoms with E-state index in [0.29, 0.717) is 0 Å². The van der Waals surface area contributed by atoms with Crippen LogP contribution in [-0.4, -0.2) is 21.3 Å². The minimum atomic E-state index is -1.25. The third-order valence-corrected chi connectivity index (χ3v) is 2.59. The predicted octanol–water partition coefficient (Wildman–Crippen LogP) is 2.27. The van der Waals surface area contributed by atoms with Gasteiger partial charge in [0, 0.05) is 0 Å². The second-order valence-corrected chi connectivity index (χ2v) is 4.32. The molecule has 1 aromatic heterocycles. The fourth-order valence-electron chi connectivity index (χ4n) is 1.93. The first-order valence-electron chi connectivity index (χ1n) is 5.73. The van der Waals surface area contributed by atoms with Crippen LogP contribution in [0.25, 0.3) is 0 Å². The van der Waals surface area contributed by atoms with Crippen LogP contribution in [0.1, 0.15) is 33.3 Å². The molecule has 0 aliphatic carbocycles. The smallest absolute Gasteiger partial charge is 0.393 e. The van der Waals surface area contributed by atoms with Crippen LogP contribution in [0, 0.1) is 20.8 Å². The van der Waals surface area contributed by atoms with Gasteiger partial charge in [0.15, 0.2) is 6.61 Å². The molecule has 0 saturated carbocycles. The number of benzene rings is 1. The molecule has 100 valence electrons. The first-order valence-corrected chi connectivity index (χ1v) is 5.73. The summed E-state index contributed by atoms with van der Waals surface area (Å²) < 4.78 is 10.5. The number of aromatic carboxylic acids is 1. The monoisotopic (exact) mass is 262 g/mol. The first-order chi connectivity index (χ1) is 8.97. The van der Waals surface area contributed by atoms with Gasteiger partial charge in [0.25, 0.3) is 5.89 Å². The standard InChI is InChI=1S/C13H14N2O4/c1-7-4-8(2)11(9(3)5-7)18-6-10-14-15-12(19-10)13(16)17/h4-5H,6H2,1-3H3,(H,16,17). The highest BCUT2D eigenvalue weighted by Gasteiger charge is 2.14.